The van der Waals surface area contributed by atoms with Gasteiger partial charge in [0.05, 0.1) is 0 Å². The molecule has 0 aliphatic heterocycles. The number of hydrogen-bond acceptors (Lipinski definition) is 5. The Bertz CT molecular complexity index is 274. The molecule has 0 atom stereocenters. The summed E-state index contributed by atoms with van der Waals surface area (Å²) >= 11 is 0. The molecule has 0 spiro atoms. The Morgan fingerprint density at radius 3 is 2.85 bits per heavy atom. The molecule has 1 amide bonds. The number of nitrogens with two attached hydrogens (primary N) is 1. The normalized spacial score (nSPS) is 11.3. The van der Waals surface area contributed by atoms with Crippen molar-refractivity contribution in [3.8, 4) is 0 Å². The molecule has 1 aromatic rings. The molecule has 1 aromatic heterocycles. The molecule has 0 fully saturated rings. The monoisotopic (exact) mass is 184 g/mol. The molecule has 1 heterocycles. The Morgan fingerprint density at radius 2 is 2.38 bits per heavy atom. The van der Waals surface area contributed by atoms with Crippen LogP contribution in [0.2, 0.25) is 0 Å². The molecule has 1 rings (SSSR count). The summed E-state index contributed by atoms with van der Waals surface area (Å²) in [4.78, 5) is 11.2. The van der Waals surface area contributed by atoms with Crippen molar-refractivity contribution in [1.82, 2.24) is 25.9 Å². The fourth-order valence-electron chi connectivity index (χ4n) is 0.645. The number of rotatable bonds is 3. The highest BCUT2D eigenvalue weighted by Crippen LogP contribution is 1.93. The fraction of sp³-hybridized carbons (Fsp3) is 0.667. The lowest BCUT2D eigenvalue weighted by atomic mass is 10.1. The standard InChI is InChI=1S/C6H12N6O/c1-6(2,7)3-8-5(13)4-9-11-12-10-4/h3,7H2,1-2H3,(H,8,13)(H,9,10,11,12). The molecule has 0 radical (unpaired) electrons. The van der Waals surface area contributed by atoms with Crippen molar-refractivity contribution in [2.45, 2.75) is 19.4 Å². The van der Waals surface area contributed by atoms with Gasteiger partial charge < -0.3 is 11.1 Å². The third-order valence-corrected chi connectivity index (χ3v) is 1.25. The van der Waals surface area contributed by atoms with Crippen molar-refractivity contribution in [1.29, 1.82) is 0 Å². The molecule has 0 unspecified atom stereocenters. The van der Waals surface area contributed by atoms with Crippen molar-refractivity contribution in [2.75, 3.05) is 6.54 Å². The number of carbonyl (C=O) groups is 1. The average Bonchev–Trinajstić information content (AvgIpc) is 2.50. The van der Waals surface area contributed by atoms with E-state index in [4.69, 9.17) is 5.73 Å². The Hall–Kier alpha value is -1.50. The van der Waals surface area contributed by atoms with Crippen LogP contribution < -0.4 is 11.1 Å². The minimum atomic E-state index is -0.445. The summed E-state index contributed by atoms with van der Waals surface area (Å²) in [6.07, 6.45) is 0. The lowest BCUT2D eigenvalue weighted by Crippen LogP contribution is -2.45. The SMILES string of the molecule is CC(C)(N)CNC(=O)c1nn[nH]n1. The van der Waals surface area contributed by atoms with Crippen LogP contribution in [0.25, 0.3) is 0 Å². The number of tetrazole rings is 1. The highest BCUT2D eigenvalue weighted by atomic mass is 16.2. The molecular formula is C6H12N6O. The molecule has 0 aliphatic rings. The van der Waals surface area contributed by atoms with Gasteiger partial charge in [-0.3, -0.25) is 4.79 Å². The number of aromatic amines is 1. The molecule has 7 nitrogen and oxygen atoms in total. The third-order valence-electron chi connectivity index (χ3n) is 1.25. The zero-order chi connectivity index (χ0) is 9.90. The van der Waals surface area contributed by atoms with Gasteiger partial charge in [0.15, 0.2) is 0 Å². The van der Waals surface area contributed by atoms with E-state index in [1.807, 2.05) is 13.8 Å². The number of H-pyrrole nitrogens is 1. The zero-order valence-corrected chi connectivity index (χ0v) is 7.53. The van der Waals surface area contributed by atoms with Gasteiger partial charge in [-0.1, -0.05) is 0 Å². The van der Waals surface area contributed by atoms with Gasteiger partial charge in [0.2, 0.25) is 0 Å². The van der Waals surface area contributed by atoms with E-state index in [2.05, 4.69) is 25.9 Å². The van der Waals surface area contributed by atoms with E-state index >= 15 is 0 Å². The van der Waals surface area contributed by atoms with Crippen LogP contribution in [0.3, 0.4) is 0 Å². The largest absolute Gasteiger partial charge is 0.347 e. The number of aromatic nitrogens is 4. The first-order valence-electron chi connectivity index (χ1n) is 3.79. The van der Waals surface area contributed by atoms with E-state index in [0.717, 1.165) is 0 Å². The molecule has 0 saturated carbocycles. The molecule has 13 heavy (non-hydrogen) atoms. The fourth-order valence-corrected chi connectivity index (χ4v) is 0.645. The van der Waals surface area contributed by atoms with Gasteiger partial charge in [-0.05, 0) is 19.1 Å². The second-order valence-electron chi connectivity index (χ2n) is 3.41. The Kier molecular flexibility index (Phi) is 2.57. The van der Waals surface area contributed by atoms with Crippen LogP contribution in [0.1, 0.15) is 24.5 Å². The lowest BCUT2D eigenvalue weighted by molar-refractivity contribution is 0.0935. The van der Waals surface area contributed by atoms with E-state index in [1.54, 1.807) is 0 Å². The van der Waals surface area contributed by atoms with Crippen molar-refractivity contribution in [3.05, 3.63) is 5.82 Å². The van der Waals surface area contributed by atoms with E-state index in [-0.39, 0.29) is 11.7 Å². The first-order valence-corrected chi connectivity index (χ1v) is 3.79. The number of hydrogen-bond donors (Lipinski definition) is 3. The van der Waals surface area contributed by atoms with Gasteiger partial charge in [-0.2, -0.15) is 5.21 Å². The Morgan fingerprint density at radius 1 is 1.69 bits per heavy atom. The van der Waals surface area contributed by atoms with Crippen molar-refractivity contribution in [2.24, 2.45) is 5.73 Å². The first-order chi connectivity index (χ1) is 5.99. The van der Waals surface area contributed by atoms with Crippen LogP contribution >= 0.6 is 0 Å². The molecule has 0 saturated heterocycles. The first kappa shape index (κ1) is 9.59. The summed E-state index contributed by atoms with van der Waals surface area (Å²) in [5, 5.41) is 15.1. The van der Waals surface area contributed by atoms with Gasteiger partial charge >= 0.3 is 0 Å². The van der Waals surface area contributed by atoms with Crippen molar-refractivity contribution >= 4 is 5.91 Å². The van der Waals surface area contributed by atoms with Crippen molar-refractivity contribution < 1.29 is 4.79 Å². The van der Waals surface area contributed by atoms with E-state index in [0.29, 0.717) is 6.54 Å². The van der Waals surface area contributed by atoms with E-state index in [9.17, 15) is 4.79 Å². The smallest absolute Gasteiger partial charge is 0.292 e. The molecule has 0 aliphatic carbocycles. The lowest BCUT2D eigenvalue weighted by Gasteiger charge is -2.17. The van der Waals surface area contributed by atoms with E-state index < -0.39 is 5.54 Å². The topological polar surface area (TPSA) is 110 Å². The number of amides is 1. The van der Waals surface area contributed by atoms with E-state index in [1.165, 1.54) is 0 Å². The molecule has 0 bridgehead atoms. The minimum Gasteiger partial charge on any atom is -0.347 e. The average molecular weight is 184 g/mol. The van der Waals surface area contributed by atoms with Crippen LogP contribution in [0, 0.1) is 0 Å². The van der Waals surface area contributed by atoms with Gasteiger partial charge in [-0.15, -0.1) is 10.2 Å². The number of carbonyl (C=O) groups excluding carboxylic acids is 1. The predicted octanol–water partition coefficient (Wildman–Crippen LogP) is -1.33. The Labute approximate surface area is 75.1 Å². The molecule has 7 heteroatoms. The molecule has 0 aromatic carbocycles. The maximum Gasteiger partial charge on any atom is 0.292 e. The second kappa shape index (κ2) is 3.48. The highest BCUT2D eigenvalue weighted by molar-refractivity contribution is 5.90. The number of nitrogens with one attached hydrogen (secondary N) is 2. The second-order valence-corrected chi connectivity index (χ2v) is 3.41. The number of nitrogens with zero attached hydrogens (tertiary/aromatic N) is 3. The quantitative estimate of drug-likeness (QED) is 0.539. The molecule has 72 valence electrons. The zero-order valence-electron chi connectivity index (χ0n) is 7.53. The predicted molar refractivity (Wildman–Crippen MR) is 44.8 cm³/mol. The minimum absolute atomic E-state index is 0.0178. The highest BCUT2D eigenvalue weighted by Gasteiger charge is 2.15. The summed E-state index contributed by atoms with van der Waals surface area (Å²) < 4.78 is 0. The summed E-state index contributed by atoms with van der Waals surface area (Å²) in [7, 11) is 0. The molecular weight excluding hydrogens is 172 g/mol. The van der Waals surface area contributed by atoms with Gasteiger partial charge in [0, 0.05) is 12.1 Å². The summed E-state index contributed by atoms with van der Waals surface area (Å²) in [6.45, 7) is 3.98. The van der Waals surface area contributed by atoms with Gasteiger partial charge in [0.25, 0.3) is 11.7 Å². The summed E-state index contributed by atoms with van der Waals surface area (Å²) in [5.74, 6) is -0.364. The van der Waals surface area contributed by atoms with Crippen LogP contribution in [0.5, 0.6) is 0 Å². The van der Waals surface area contributed by atoms with Crippen LogP contribution in [-0.2, 0) is 0 Å². The Balaban J connectivity index is 2.44. The summed E-state index contributed by atoms with van der Waals surface area (Å²) in [6, 6.07) is 0. The van der Waals surface area contributed by atoms with Gasteiger partial charge in [-0.25, -0.2) is 0 Å². The van der Waals surface area contributed by atoms with Crippen molar-refractivity contribution in [3.63, 3.8) is 0 Å². The molecule has 4 N–H and O–H groups in total. The van der Waals surface area contributed by atoms with Crippen LogP contribution in [-0.4, -0.2) is 38.6 Å². The third kappa shape index (κ3) is 3.16. The van der Waals surface area contributed by atoms with Crippen LogP contribution in [0.15, 0.2) is 0 Å². The van der Waals surface area contributed by atoms with Gasteiger partial charge in [0.1, 0.15) is 0 Å². The summed E-state index contributed by atoms with van der Waals surface area (Å²) in [5.41, 5.74) is 5.21. The maximum absolute atomic E-state index is 11.2. The maximum atomic E-state index is 11.2. The van der Waals surface area contributed by atoms with Crippen LogP contribution in [0.4, 0.5) is 0 Å².